The summed E-state index contributed by atoms with van der Waals surface area (Å²) < 4.78 is 10.1. The zero-order valence-corrected chi connectivity index (χ0v) is 14.0. The molecule has 3 atom stereocenters. The average Bonchev–Trinajstić information content (AvgIpc) is 2.49. The predicted octanol–water partition coefficient (Wildman–Crippen LogP) is 1.49. The van der Waals surface area contributed by atoms with Crippen molar-refractivity contribution >= 4 is 17.7 Å². The standard InChI is InChI=1S/C16H26O6/c1-6-14(2,12(19)21-5)8-15(3)9-16(4,11(18)7-17)10-22-13(15)20/h17H,6-10H2,1-5H3. The number of aliphatic hydroxyl groups is 1. The van der Waals surface area contributed by atoms with Gasteiger partial charge in [-0.3, -0.25) is 14.4 Å². The number of hydrogen-bond donors (Lipinski definition) is 1. The van der Waals surface area contributed by atoms with Gasteiger partial charge in [-0.1, -0.05) is 6.92 Å². The van der Waals surface area contributed by atoms with Crippen LogP contribution in [-0.2, 0) is 23.9 Å². The Morgan fingerprint density at radius 3 is 2.45 bits per heavy atom. The number of hydrogen-bond acceptors (Lipinski definition) is 6. The Kier molecular flexibility index (Phi) is 5.38. The monoisotopic (exact) mass is 314 g/mol. The topological polar surface area (TPSA) is 89.9 Å². The van der Waals surface area contributed by atoms with E-state index >= 15 is 0 Å². The van der Waals surface area contributed by atoms with Gasteiger partial charge >= 0.3 is 11.9 Å². The van der Waals surface area contributed by atoms with Crippen molar-refractivity contribution in [2.75, 3.05) is 20.3 Å². The van der Waals surface area contributed by atoms with Gasteiger partial charge in [-0.15, -0.1) is 0 Å². The second-order valence-electron chi connectivity index (χ2n) is 7.04. The van der Waals surface area contributed by atoms with Gasteiger partial charge in [0.15, 0.2) is 5.78 Å². The Balaban J connectivity index is 3.10. The van der Waals surface area contributed by atoms with Crippen molar-refractivity contribution in [1.29, 1.82) is 0 Å². The zero-order valence-electron chi connectivity index (χ0n) is 14.0. The van der Waals surface area contributed by atoms with Gasteiger partial charge in [-0.25, -0.2) is 0 Å². The van der Waals surface area contributed by atoms with E-state index in [-0.39, 0.29) is 31.2 Å². The van der Waals surface area contributed by atoms with Gasteiger partial charge in [0.1, 0.15) is 13.2 Å². The van der Waals surface area contributed by atoms with Crippen molar-refractivity contribution < 1.29 is 29.0 Å². The van der Waals surface area contributed by atoms with Crippen molar-refractivity contribution in [3.63, 3.8) is 0 Å². The Bertz CT molecular complexity index is 473. The maximum Gasteiger partial charge on any atom is 0.311 e. The number of carbonyl (C=O) groups is 3. The number of ether oxygens (including phenoxy) is 2. The second-order valence-corrected chi connectivity index (χ2v) is 7.04. The number of methoxy groups -OCH3 is 1. The third-order valence-electron chi connectivity index (χ3n) is 4.85. The first-order chi connectivity index (χ1) is 10.1. The van der Waals surface area contributed by atoms with Gasteiger partial charge in [-0.05, 0) is 40.0 Å². The quantitative estimate of drug-likeness (QED) is 0.747. The molecule has 0 aliphatic carbocycles. The minimum absolute atomic E-state index is 0.0398. The minimum atomic E-state index is -0.975. The van der Waals surface area contributed by atoms with Crippen LogP contribution in [0.5, 0.6) is 0 Å². The molecule has 1 fully saturated rings. The molecule has 0 saturated carbocycles. The molecule has 22 heavy (non-hydrogen) atoms. The van der Waals surface area contributed by atoms with E-state index in [0.29, 0.717) is 6.42 Å². The fourth-order valence-electron chi connectivity index (χ4n) is 3.34. The molecular formula is C16H26O6. The van der Waals surface area contributed by atoms with Gasteiger partial charge < -0.3 is 14.6 Å². The lowest BCUT2D eigenvalue weighted by atomic mass is 9.62. The molecule has 1 aliphatic heterocycles. The average molecular weight is 314 g/mol. The maximum absolute atomic E-state index is 12.3. The van der Waals surface area contributed by atoms with Crippen molar-refractivity contribution in [2.45, 2.75) is 47.0 Å². The molecule has 0 aromatic rings. The summed E-state index contributed by atoms with van der Waals surface area (Å²) in [7, 11) is 1.32. The van der Waals surface area contributed by atoms with E-state index in [0.717, 1.165) is 0 Å². The van der Waals surface area contributed by atoms with E-state index in [1.54, 1.807) is 20.8 Å². The molecule has 1 saturated heterocycles. The fourth-order valence-corrected chi connectivity index (χ4v) is 3.34. The van der Waals surface area contributed by atoms with Crippen LogP contribution in [0.25, 0.3) is 0 Å². The molecule has 0 amide bonds. The number of ketones is 1. The van der Waals surface area contributed by atoms with Crippen LogP contribution >= 0.6 is 0 Å². The summed E-state index contributed by atoms with van der Waals surface area (Å²) >= 11 is 0. The molecule has 1 aliphatic rings. The van der Waals surface area contributed by atoms with E-state index in [9.17, 15) is 14.4 Å². The molecule has 0 spiro atoms. The first-order valence-corrected chi connectivity index (χ1v) is 7.47. The third-order valence-corrected chi connectivity index (χ3v) is 4.85. The lowest BCUT2D eigenvalue weighted by molar-refractivity contribution is -0.179. The second kappa shape index (κ2) is 6.36. The Hall–Kier alpha value is -1.43. The lowest BCUT2D eigenvalue weighted by Gasteiger charge is -2.44. The van der Waals surface area contributed by atoms with Gasteiger partial charge in [0.2, 0.25) is 0 Å². The van der Waals surface area contributed by atoms with E-state index < -0.39 is 28.8 Å². The number of carbonyl (C=O) groups excluding carboxylic acids is 3. The van der Waals surface area contributed by atoms with Crippen LogP contribution in [0.15, 0.2) is 0 Å². The van der Waals surface area contributed by atoms with E-state index in [1.807, 2.05) is 6.92 Å². The molecule has 1 rings (SSSR count). The first-order valence-electron chi connectivity index (χ1n) is 7.47. The summed E-state index contributed by atoms with van der Waals surface area (Å²) in [5.41, 5.74) is -2.73. The van der Waals surface area contributed by atoms with Crippen molar-refractivity contribution in [2.24, 2.45) is 16.2 Å². The normalized spacial score (nSPS) is 31.1. The van der Waals surface area contributed by atoms with Crippen LogP contribution in [-0.4, -0.2) is 43.2 Å². The Morgan fingerprint density at radius 2 is 2.00 bits per heavy atom. The summed E-state index contributed by atoms with van der Waals surface area (Å²) in [6.45, 7) is 6.35. The van der Waals surface area contributed by atoms with E-state index in [1.165, 1.54) is 7.11 Å². The van der Waals surface area contributed by atoms with Crippen LogP contribution in [0.3, 0.4) is 0 Å². The maximum atomic E-state index is 12.3. The smallest absolute Gasteiger partial charge is 0.311 e. The van der Waals surface area contributed by atoms with Crippen LogP contribution in [0, 0.1) is 16.2 Å². The highest BCUT2D eigenvalue weighted by molar-refractivity contribution is 5.89. The van der Waals surface area contributed by atoms with Crippen LogP contribution < -0.4 is 0 Å². The van der Waals surface area contributed by atoms with Crippen molar-refractivity contribution in [1.82, 2.24) is 0 Å². The molecule has 6 heteroatoms. The molecule has 3 unspecified atom stereocenters. The highest BCUT2D eigenvalue weighted by Crippen LogP contribution is 2.48. The number of Topliss-reactive ketones (excluding diaryl/α,β-unsaturated/α-hetero) is 1. The predicted molar refractivity (Wildman–Crippen MR) is 78.9 cm³/mol. The van der Waals surface area contributed by atoms with Gasteiger partial charge in [0.25, 0.3) is 0 Å². The van der Waals surface area contributed by atoms with Gasteiger partial charge in [-0.2, -0.15) is 0 Å². The summed E-state index contributed by atoms with van der Waals surface area (Å²) in [4.78, 5) is 36.3. The molecule has 1 N–H and O–H groups in total. The molecule has 0 aromatic carbocycles. The molecule has 126 valence electrons. The molecular weight excluding hydrogens is 288 g/mol. The van der Waals surface area contributed by atoms with Gasteiger partial charge in [0.05, 0.1) is 23.4 Å². The molecule has 1 heterocycles. The molecule has 0 aromatic heterocycles. The lowest BCUT2D eigenvalue weighted by Crippen LogP contribution is -2.51. The molecule has 0 radical (unpaired) electrons. The molecule has 6 nitrogen and oxygen atoms in total. The highest BCUT2D eigenvalue weighted by atomic mass is 16.5. The first kappa shape index (κ1) is 18.6. The largest absolute Gasteiger partial charge is 0.469 e. The highest BCUT2D eigenvalue weighted by Gasteiger charge is 2.53. The summed E-state index contributed by atoms with van der Waals surface area (Å²) in [6, 6.07) is 0. The summed E-state index contributed by atoms with van der Waals surface area (Å²) in [6.07, 6.45) is 0.980. The molecule has 0 bridgehead atoms. The van der Waals surface area contributed by atoms with Crippen LogP contribution in [0.4, 0.5) is 0 Å². The minimum Gasteiger partial charge on any atom is -0.469 e. The van der Waals surface area contributed by atoms with Crippen molar-refractivity contribution in [3.8, 4) is 0 Å². The number of esters is 2. The van der Waals surface area contributed by atoms with E-state index in [2.05, 4.69) is 0 Å². The number of aliphatic hydroxyl groups excluding tert-OH is 1. The van der Waals surface area contributed by atoms with E-state index in [4.69, 9.17) is 14.6 Å². The Labute approximate surface area is 131 Å². The third kappa shape index (κ3) is 3.32. The summed E-state index contributed by atoms with van der Waals surface area (Å²) in [5, 5.41) is 9.13. The fraction of sp³-hybridized carbons (Fsp3) is 0.812. The number of rotatable bonds is 6. The zero-order chi connectivity index (χ0) is 17.2. The summed E-state index contributed by atoms with van der Waals surface area (Å²) in [5.74, 6) is -1.16. The van der Waals surface area contributed by atoms with Gasteiger partial charge in [0, 0.05) is 0 Å². The van der Waals surface area contributed by atoms with Crippen LogP contribution in [0.2, 0.25) is 0 Å². The van der Waals surface area contributed by atoms with Crippen molar-refractivity contribution in [3.05, 3.63) is 0 Å². The number of cyclic esters (lactones) is 1. The SMILES string of the molecule is CCC(C)(CC1(C)CC(C)(C(=O)CO)COC1=O)C(=O)OC. The van der Waals surface area contributed by atoms with Crippen LogP contribution in [0.1, 0.15) is 47.0 Å². The Morgan fingerprint density at radius 1 is 1.41 bits per heavy atom.